The zero-order valence-corrected chi connectivity index (χ0v) is 13.5. The number of likely N-dealkylation sites (N-methyl/N-ethyl adjacent to an activating group) is 1. The topological polar surface area (TPSA) is 12.0 Å². The quantitative estimate of drug-likeness (QED) is 0.782. The fraction of sp³-hybridized carbons (Fsp3) is 0.250. The molecule has 0 saturated carbocycles. The van der Waals surface area contributed by atoms with Crippen molar-refractivity contribution in [2.75, 3.05) is 6.54 Å². The molecule has 4 heteroatoms. The van der Waals surface area contributed by atoms with E-state index in [-0.39, 0.29) is 11.9 Å². The summed E-state index contributed by atoms with van der Waals surface area (Å²) >= 11 is 9.29. The lowest BCUT2D eigenvalue weighted by Gasteiger charge is -2.19. The summed E-state index contributed by atoms with van der Waals surface area (Å²) in [5.41, 5.74) is 1.80. The van der Waals surface area contributed by atoms with Crippen LogP contribution >= 0.6 is 27.5 Å². The first kappa shape index (κ1) is 15.5. The van der Waals surface area contributed by atoms with Gasteiger partial charge in [-0.15, -0.1) is 0 Å². The minimum absolute atomic E-state index is 0.0568. The first-order valence-electron chi connectivity index (χ1n) is 6.53. The van der Waals surface area contributed by atoms with Crippen molar-refractivity contribution in [2.45, 2.75) is 19.4 Å². The molecule has 0 saturated heterocycles. The third-order valence-corrected chi connectivity index (χ3v) is 3.88. The first-order valence-corrected chi connectivity index (χ1v) is 7.70. The molecule has 1 atom stereocenters. The number of hydrogen-bond acceptors (Lipinski definition) is 1. The highest BCUT2D eigenvalue weighted by Crippen LogP contribution is 2.25. The van der Waals surface area contributed by atoms with Crippen LogP contribution < -0.4 is 5.32 Å². The normalized spacial score (nSPS) is 12.4. The van der Waals surface area contributed by atoms with E-state index in [1.807, 2.05) is 37.3 Å². The first-order chi connectivity index (χ1) is 9.60. The van der Waals surface area contributed by atoms with E-state index in [2.05, 4.69) is 21.2 Å². The van der Waals surface area contributed by atoms with Crippen molar-refractivity contribution < 1.29 is 4.39 Å². The maximum absolute atomic E-state index is 14.0. The van der Waals surface area contributed by atoms with E-state index in [1.165, 1.54) is 6.07 Å². The Kier molecular flexibility index (Phi) is 5.58. The van der Waals surface area contributed by atoms with Gasteiger partial charge in [0.1, 0.15) is 5.82 Å². The van der Waals surface area contributed by atoms with Gasteiger partial charge in [-0.25, -0.2) is 4.39 Å². The predicted octanol–water partition coefficient (Wildman–Crippen LogP) is 5.13. The molecule has 2 rings (SSSR count). The molecule has 0 aliphatic rings. The number of hydrogen-bond donors (Lipinski definition) is 1. The van der Waals surface area contributed by atoms with Gasteiger partial charge >= 0.3 is 0 Å². The van der Waals surface area contributed by atoms with Crippen molar-refractivity contribution >= 4 is 27.5 Å². The van der Waals surface area contributed by atoms with Gasteiger partial charge in [0.25, 0.3) is 0 Å². The van der Waals surface area contributed by atoms with Crippen molar-refractivity contribution in [1.29, 1.82) is 0 Å². The molecule has 20 heavy (non-hydrogen) atoms. The highest BCUT2D eigenvalue weighted by atomic mass is 79.9. The summed E-state index contributed by atoms with van der Waals surface area (Å²) in [5, 5.41) is 4.05. The third kappa shape index (κ3) is 4.05. The largest absolute Gasteiger partial charge is 0.310 e. The van der Waals surface area contributed by atoms with Crippen LogP contribution in [0.15, 0.2) is 46.9 Å². The van der Waals surface area contributed by atoms with Gasteiger partial charge in [0.2, 0.25) is 0 Å². The van der Waals surface area contributed by atoms with Gasteiger partial charge in [-0.2, -0.15) is 0 Å². The molecule has 2 aromatic carbocycles. The number of nitrogens with one attached hydrogen (secondary N) is 1. The highest BCUT2D eigenvalue weighted by molar-refractivity contribution is 9.10. The van der Waals surface area contributed by atoms with Gasteiger partial charge in [0, 0.05) is 21.1 Å². The second-order valence-electron chi connectivity index (χ2n) is 4.61. The number of benzene rings is 2. The van der Waals surface area contributed by atoms with Crippen LogP contribution in [0.4, 0.5) is 4.39 Å². The molecule has 0 bridgehead atoms. The van der Waals surface area contributed by atoms with Crippen molar-refractivity contribution in [3.05, 3.63) is 68.9 Å². The van der Waals surface area contributed by atoms with Gasteiger partial charge in [-0.3, -0.25) is 0 Å². The van der Waals surface area contributed by atoms with Gasteiger partial charge < -0.3 is 5.32 Å². The Bertz CT molecular complexity index is 571. The molecule has 0 aromatic heterocycles. The molecule has 2 aromatic rings. The summed E-state index contributed by atoms with van der Waals surface area (Å²) in [6, 6.07) is 12.6. The Labute approximate surface area is 132 Å². The zero-order valence-electron chi connectivity index (χ0n) is 11.2. The van der Waals surface area contributed by atoms with Gasteiger partial charge in [0.15, 0.2) is 0 Å². The van der Waals surface area contributed by atoms with Crippen LogP contribution in [0.25, 0.3) is 0 Å². The summed E-state index contributed by atoms with van der Waals surface area (Å²) in [7, 11) is 0. The van der Waals surface area contributed by atoms with E-state index < -0.39 is 0 Å². The van der Waals surface area contributed by atoms with Crippen molar-refractivity contribution in [3.8, 4) is 0 Å². The van der Waals surface area contributed by atoms with E-state index in [9.17, 15) is 4.39 Å². The average Bonchev–Trinajstić information content (AvgIpc) is 2.43. The fourth-order valence-electron chi connectivity index (χ4n) is 2.18. The highest BCUT2D eigenvalue weighted by Gasteiger charge is 2.16. The number of rotatable bonds is 5. The Morgan fingerprint density at radius 2 is 1.90 bits per heavy atom. The average molecular weight is 357 g/mol. The van der Waals surface area contributed by atoms with Crippen LogP contribution in [0.5, 0.6) is 0 Å². The summed E-state index contributed by atoms with van der Waals surface area (Å²) in [5.74, 6) is -0.187. The molecule has 0 amide bonds. The summed E-state index contributed by atoms with van der Waals surface area (Å²) in [4.78, 5) is 0. The van der Waals surface area contributed by atoms with E-state index in [0.717, 1.165) is 23.0 Å². The minimum Gasteiger partial charge on any atom is -0.310 e. The lowest BCUT2D eigenvalue weighted by molar-refractivity contribution is 0.509. The monoisotopic (exact) mass is 355 g/mol. The predicted molar refractivity (Wildman–Crippen MR) is 85.7 cm³/mol. The molecule has 0 aliphatic heterocycles. The smallest absolute Gasteiger partial charge is 0.128 e. The van der Waals surface area contributed by atoms with Crippen molar-refractivity contribution in [2.24, 2.45) is 0 Å². The maximum atomic E-state index is 14.0. The molecule has 106 valence electrons. The molecule has 1 unspecified atom stereocenters. The lowest BCUT2D eigenvalue weighted by atomic mass is 9.98. The van der Waals surface area contributed by atoms with Gasteiger partial charge in [-0.05, 0) is 48.9 Å². The van der Waals surface area contributed by atoms with Gasteiger partial charge in [0.05, 0.1) is 0 Å². The van der Waals surface area contributed by atoms with Crippen LogP contribution in [0, 0.1) is 5.82 Å². The second kappa shape index (κ2) is 7.21. The molecular weight excluding hydrogens is 341 g/mol. The van der Waals surface area contributed by atoms with Crippen LogP contribution in [0.2, 0.25) is 5.02 Å². The van der Waals surface area contributed by atoms with Crippen molar-refractivity contribution in [1.82, 2.24) is 5.32 Å². The molecule has 0 radical (unpaired) electrons. The summed E-state index contributed by atoms with van der Waals surface area (Å²) in [6.45, 7) is 2.80. The number of halogens is 3. The fourth-order valence-corrected chi connectivity index (χ4v) is 2.68. The Morgan fingerprint density at radius 1 is 1.20 bits per heavy atom. The molecule has 0 spiro atoms. The van der Waals surface area contributed by atoms with Crippen LogP contribution in [-0.4, -0.2) is 6.54 Å². The molecular formula is C16H16BrClFN. The Morgan fingerprint density at radius 3 is 2.55 bits per heavy atom. The van der Waals surface area contributed by atoms with E-state index >= 15 is 0 Å². The summed E-state index contributed by atoms with van der Waals surface area (Å²) < 4.78 is 14.9. The lowest BCUT2D eigenvalue weighted by Crippen LogP contribution is -2.24. The standard InChI is InChI=1S/C16H16BrClFN/c1-2-20-16(9-11-3-6-13(18)7-4-11)14-10-12(17)5-8-15(14)19/h3-8,10,16,20H,2,9H2,1H3. The molecule has 0 aliphatic carbocycles. The molecule has 1 N–H and O–H groups in total. The minimum atomic E-state index is -0.187. The maximum Gasteiger partial charge on any atom is 0.128 e. The Balaban J connectivity index is 2.26. The summed E-state index contributed by atoms with van der Waals surface area (Å²) in [6.07, 6.45) is 0.721. The zero-order chi connectivity index (χ0) is 14.5. The second-order valence-corrected chi connectivity index (χ2v) is 5.96. The third-order valence-electron chi connectivity index (χ3n) is 3.14. The molecule has 1 nitrogen and oxygen atoms in total. The van der Waals surface area contributed by atoms with E-state index in [0.29, 0.717) is 10.6 Å². The Hall–Kier alpha value is -0.900. The van der Waals surface area contributed by atoms with Crippen LogP contribution in [0.3, 0.4) is 0 Å². The molecule has 0 heterocycles. The van der Waals surface area contributed by atoms with E-state index in [4.69, 9.17) is 11.6 Å². The van der Waals surface area contributed by atoms with Crippen molar-refractivity contribution in [3.63, 3.8) is 0 Å². The SMILES string of the molecule is CCNC(Cc1ccc(Cl)cc1)c1cc(Br)ccc1F. The molecule has 0 fully saturated rings. The van der Waals surface area contributed by atoms with Crippen LogP contribution in [0.1, 0.15) is 24.1 Å². The van der Waals surface area contributed by atoms with Gasteiger partial charge in [-0.1, -0.05) is 46.6 Å². The van der Waals surface area contributed by atoms with Crippen LogP contribution in [-0.2, 0) is 6.42 Å². The van der Waals surface area contributed by atoms with E-state index in [1.54, 1.807) is 6.07 Å².